The highest BCUT2D eigenvalue weighted by Crippen LogP contribution is 2.31. The van der Waals surface area contributed by atoms with Gasteiger partial charge in [0.1, 0.15) is 5.75 Å². The van der Waals surface area contributed by atoms with Crippen molar-refractivity contribution in [2.75, 3.05) is 16.6 Å². The molecule has 158 valence electrons. The zero-order valence-electron chi connectivity index (χ0n) is 15.9. The minimum atomic E-state index is -3.86. The van der Waals surface area contributed by atoms with Crippen molar-refractivity contribution in [3.63, 3.8) is 0 Å². The number of anilines is 2. The van der Waals surface area contributed by atoms with Gasteiger partial charge in [0.05, 0.1) is 4.90 Å². The van der Waals surface area contributed by atoms with Crippen LogP contribution in [-0.4, -0.2) is 25.9 Å². The maximum Gasteiger partial charge on any atom is 0.264 e. The number of benzene rings is 3. The predicted molar refractivity (Wildman–Crippen MR) is 122 cm³/mol. The summed E-state index contributed by atoms with van der Waals surface area (Å²) in [6, 6.07) is 16.6. The summed E-state index contributed by atoms with van der Waals surface area (Å²) >= 11 is 7.02. The molecule has 0 radical (unpaired) electrons. The van der Waals surface area contributed by atoms with Crippen LogP contribution >= 0.6 is 22.9 Å². The van der Waals surface area contributed by atoms with E-state index in [1.807, 2.05) is 0 Å². The van der Waals surface area contributed by atoms with Crippen LogP contribution in [0.2, 0.25) is 5.02 Å². The summed E-state index contributed by atoms with van der Waals surface area (Å²) in [5.74, 6) is 0.135. The Hall–Kier alpha value is -3.14. The lowest BCUT2D eigenvalue weighted by Crippen LogP contribution is -2.20. The second-order valence-corrected chi connectivity index (χ2v) is 9.37. The second-order valence-electron chi connectivity index (χ2n) is 6.39. The number of carbonyl (C=O) groups excluding carboxylic acids is 1. The highest BCUT2D eigenvalue weighted by Gasteiger charge is 2.20. The van der Waals surface area contributed by atoms with E-state index in [1.54, 1.807) is 60.0 Å². The van der Waals surface area contributed by atoms with Gasteiger partial charge >= 0.3 is 0 Å². The third-order valence-electron chi connectivity index (χ3n) is 4.29. The molecule has 10 heteroatoms. The highest BCUT2D eigenvalue weighted by molar-refractivity contribution is 7.93. The molecule has 0 bridgehead atoms. The summed E-state index contributed by atoms with van der Waals surface area (Å²) < 4.78 is 33.7. The van der Waals surface area contributed by atoms with E-state index in [9.17, 15) is 13.2 Å². The lowest BCUT2D eigenvalue weighted by molar-refractivity contribution is -0.118. The van der Waals surface area contributed by atoms with Gasteiger partial charge in [-0.3, -0.25) is 9.52 Å². The van der Waals surface area contributed by atoms with E-state index in [2.05, 4.69) is 15.0 Å². The van der Waals surface area contributed by atoms with Gasteiger partial charge in [0.2, 0.25) is 0 Å². The van der Waals surface area contributed by atoms with E-state index in [0.717, 1.165) is 0 Å². The second kappa shape index (κ2) is 8.93. The average Bonchev–Trinajstić information content (AvgIpc) is 3.26. The van der Waals surface area contributed by atoms with Crippen LogP contribution in [0.5, 0.6) is 5.75 Å². The van der Waals surface area contributed by atoms with Crippen LogP contribution in [0.4, 0.5) is 10.8 Å². The van der Waals surface area contributed by atoms with Crippen molar-refractivity contribution in [2.45, 2.75) is 4.90 Å². The molecular formula is C21H16ClN3O4S2. The predicted octanol–water partition coefficient (Wildman–Crippen LogP) is 4.77. The van der Waals surface area contributed by atoms with Crippen LogP contribution in [0, 0.1) is 0 Å². The molecule has 1 heterocycles. The fraction of sp³-hybridized carbons (Fsp3) is 0.0476. The molecule has 31 heavy (non-hydrogen) atoms. The molecule has 0 aliphatic carbocycles. The van der Waals surface area contributed by atoms with Gasteiger partial charge in [-0.1, -0.05) is 35.9 Å². The van der Waals surface area contributed by atoms with Crippen molar-refractivity contribution >= 4 is 60.5 Å². The zero-order chi connectivity index (χ0) is 21.8. The normalized spacial score (nSPS) is 11.3. The number of halogens is 1. The van der Waals surface area contributed by atoms with Crippen LogP contribution in [0.3, 0.4) is 0 Å². The van der Waals surface area contributed by atoms with Gasteiger partial charge in [-0.25, -0.2) is 13.4 Å². The quantitative estimate of drug-likeness (QED) is 0.403. The summed E-state index contributed by atoms with van der Waals surface area (Å²) in [6.45, 7) is -0.207. The van der Waals surface area contributed by atoms with Crippen molar-refractivity contribution in [3.8, 4) is 5.75 Å². The number of fused-ring (bicyclic) bond motifs is 1. The number of hydrogen-bond acceptors (Lipinski definition) is 6. The summed E-state index contributed by atoms with van der Waals surface area (Å²) in [6.07, 6.45) is 1.52. The lowest BCUT2D eigenvalue weighted by Gasteiger charge is -2.13. The molecule has 3 aromatic carbocycles. The minimum absolute atomic E-state index is 0.0914. The number of sulfonamides is 1. The van der Waals surface area contributed by atoms with E-state index in [4.69, 9.17) is 16.3 Å². The molecule has 0 fully saturated rings. The molecule has 0 unspecified atom stereocenters. The van der Waals surface area contributed by atoms with Crippen LogP contribution in [0.25, 0.3) is 10.8 Å². The van der Waals surface area contributed by atoms with Crippen molar-refractivity contribution in [2.24, 2.45) is 0 Å². The molecular weight excluding hydrogens is 458 g/mol. The minimum Gasteiger partial charge on any atom is -0.484 e. The number of hydrogen-bond donors (Lipinski definition) is 2. The van der Waals surface area contributed by atoms with E-state index >= 15 is 0 Å². The number of carbonyl (C=O) groups is 1. The number of thiazole rings is 1. The van der Waals surface area contributed by atoms with E-state index in [1.165, 1.54) is 23.6 Å². The number of nitrogens with zero attached hydrogens (tertiary/aromatic N) is 1. The van der Waals surface area contributed by atoms with Gasteiger partial charge in [-0.05, 0) is 36.4 Å². The van der Waals surface area contributed by atoms with Gasteiger partial charge < -0.3 is 10.1 Å². The Balaban J connectivity index is 1.56. The van der Waals surface area contributed by atoms with Crippen molar-refractivity contribution < 1.29 is 17.9 Å². The summed E-state index contributed by atoms with van der Waals surface area (Å²) in [5.41, 5.74) is 0.480. The van der Waals surface area contributed by atoms with Crippen LogP contribution in [-0.2, 0) is 14.8 Å². The molecule has 1 amide bonds. The lowest BCUT2D eigenvalue weighted by atomic mass is 10.1. The number of nitrogens with one attached hydrogen (secondary N) is 2. The standard InChI is InChI=1S/C21H16ClN3O4S2/c22-14-5-7-15(8-6-14)29-13-20(26)24-18-9-10-19(17-4-2-1-3-16(17)18)31(27,28)25-21-23-11-12-30-21/h1-12H,13H2,(H,23,25)(H,24,26). The van der Waals surface area contributed by atoms with Crippen molar-refractivity contribution in [1.29, 1.82) is 0 Å². The Bertz CT molecular complexity index is 1320. The molecule has 0 spiro atoms. The molecule has 0 atom stereocenters. The van der Waals surface area contributed by atoms with Crippen LogP contribution in [0.15, 0.2) is 77.1 Å². The zero-order valence-corrected chi connectivity index (χ0v) is 18.3. The van der Waals surface area contributed by atoms with E-state index in [-0.39, 0.29) is 22.5 Å². The number of rotatable bonds is 7. The Kier molecular flexibility index (Phi) is 6.08. The van der Waals surface area contributed by atoms with E-state index < -0.39 is 10.0 Å². The monoisotopic (exact) mass is 473 g/mol. The van der Waals surface area contributed by atoms with Crippen LogP contribution < -0.4 is 14.8 Å². The highest BCUT2D eigenvalue weighted by atomic mass is 35.5. The maximum atomic E-state index is 12.9. The molecule has 4 aromatic rings. The smallest absolute Gasteiger partial charge is 0.264 e. The van der Waals surface area contributed by atoms with Gasteiger partial charge in [0.25, 0.3) is 15.9 Å². The third-order valence-corrected chi connectivity index (χ3v) is 6.75. The molecule has 0 aliphatic heterocycles. The Labute approximate surface area is 187 Å². The number of ether oxygens (including phenoxy) is 1. The first kappa shape index (κ1) is 21.1. The number of aromatic nitrogens is 1. The first-order valence-corrected chi connectivity index (χ1v) is 11.8. The van der Waals surface area contributed by atoms with Crippen LogP contribution in [0.1, 0.15) is 0 Å². The average molecular weight is 474 g/mol. The summed E-state index contributed by atoms with van der Waals surface area (Å²) in [5, 5.41) is 6.37. The van der Waals surface area contributed by atoms with Gasteiger partial charge in [-0.2, -0.15) is 0 Å². The SMILES string of the molecule is O=C(COc1ccc(Cl)cc1)Nc1ccc(S(=O)(=O)Nc2nccs2)c2ccccc12. The first-order valence-electron chi connectivity index (χ1n) is 9.05. The Morgan fingerprint density at radius 1 is 1.03 bits per heavy atom. The molecule has 1 aromatic heterocycles. The third kappa shape index (κ3) is 4.96. The molecule has 0 saturated heterocycles. The number of amides is 1. The molecule has 0 aliphatic rings. The van der Waals surface area contributed by atoms with Crippen molar-refractivity contribution in [1.82, 2.24) is 4.98 Å². The molecule has 7 nitrogen and oxygen atoms in total. The first-order chi connectivity index (χ1) is 14.9. The molecule has 4 rings (SSSR count). The summed E-state index contributed by atoms with van der Waals surface area (Å²) in [4.78, 5) is 16.4. The largest absolute Gasteiger partial charge is 0.484 e. The molecule has 2 N–H and O–H groups in total. The Morgan fingerprint density at radius 3 is 2.48 bits per heavy atom. The van der Waals surface area contributed by atoms with Gasteiger partial charge in [0.15, 0.2) is 11.7 Å². The fourth-order valence-electron chi connectivity index (χ4n) is 2.92. The van der Waals surface area contributed by atoms with Crippen molar-refractivity contribution in [3.05, 3.63) is 77.3 Å². The maximum absolute atomic E-state index is 12.9. The van der Waals surface area contributed by atoms with Gasteiger partial charge in [-0.15, -0.1) is 11.3 Å². The Morgan fingerprint density at radius 2 is 1.77 bits per heavy atom. The summed E-state index contributed by atoms with van der Waals surface area (Å²) in [7, 11) is -3.86. The van der Waals surface area contributed by atoms with Gasteiger partial charge in [0, 0.05) is 33.1 Å². The topological polar surface area (TPSA) is 97.4 Å². The fourth-order valence-corrected chi connectivity index (χ4v) is 5.05. The molecule has 0 saturated carbocycles. The van der Waals surface area contributed by atoms with E-state index in [0.29, 0.717) is 27.2 Å².